The molecule has 4 atom stereocenters. The van der Waals surface area contributed by atoms with Gasteiger partial charge in [-0.3, -0.25) is 24.0 Å². The number of ether oxygens (including phenoxy) is 2. The number of nitrogens with one attached hydrogen (secondary N) is 1. The Hall–Kier alpha value is -6.99. The monoisotopic (exact) mass is 1050 g/mol. The number of anilines is 2. The third kappa shape index (κ3) is 11.4. The SMILES string of the molecule is Cc1ncsc1-c1ccc([C@H](C)NC(=O)[C@@H]2C[C@@H](O)CN2C(=O)[C@@H](C(C)C)n2cc(OCCCOCCCn3cnc(-c4ccc(N5C(=S)N(c6ccc(C#N)c(C(F)(F)F)c6)C(=O)C5(C)C)cc4)c3)cn2)cc1. The van der Waals surface area contributed by atoms with Gasteiger partial charge in [-0.1, -0.05) is 50.2 Å². The molecule has 2 fully saturated rings. The van der Waals surface area contributed by atoms with Crippen molar-refractivity contribution in [3.8, 4) is 33.5 Å². The zero-order valence-corrected chi connectivity index (χ0v) is 43.4. The average Bonchev–Trinajstić information content (AvgIpc) is 4.22. The van der Waals surface area contributed by atoms with Crippen molar-refractivity contribution in [2.45, 2.75) is 103 Å². The van der Waals surface area contributed by atoms with E-state index < -0.39 is 46.9 Å². The van der Waals surface area contributed by atoms with E-state index in [9.17, 15) is 37.9 Å². The Morgan fingerprint density at radius 3 is 2.36 bits per heavy atom. The number of alkyl halides is 3. The first-order valence-corrected chi connectivity index (χ1v) is 25.5. The van der Waals surface area contributed by atoms with Crippen LogP contribution in [0.25, 0.3) is 21.7 Å². The maximum atomic E-state index is 14.2. The second-order valence-corrected chi connectivity index (χ2v) is 20.4. The highest BCUT2D eigenvalue weighted by Gasteiger charge is 2.51. The van der Waals surface area contributed by atoms with Crippen molar-refractivity contribution in [2.24, 2.45) is 5.92 Å². The van der Waals surface area contributed by atoms with Crippen LogP contribution in [0.2, 0.25) is 0 Å². The highest BCUT2D eigenvalue weighted by Crippen LogP contribution is 2.40. The third-order valence-electron chi connectivity index (χ3n) is 13.2. The summed E-state index contributed by atoms with van der Waals surface area (Å²) in [6, 6.07) is 18.0. The van der Waals surface area contributed by atoms with Gasteiger partial charge in [-0.15, -0.1) is 11.3 Å². The largest absolute Gasteiger partial charge is 0.490 e. The van der Waals surface area contributed by atoms with Crippen LogP contribution >= 0.6 is 23.6 Å². The standard InChI is InChI=1S/C53H57F3N10O6S2/c1-32(2)46(49(69)63-27-41(67)24-45(63)48(68)61-33(3)35-9-11-37(12-10-35)47-34(4)59-31-74-47)64-28-42(26-60-64)72-22-8-21-71-20-7-19-62-29-44(58-30-62)36-13-16-39(17-14-36)66-51(73)65(50(70)52(66,5)6)40-18-15-38(25-57)43(23-40)53(54,55)56/h9-18,23,26,28-33,41,45-46,67H,7-8,19-22,24,27H2,1-6H3,(H,61,68)/t33-,41+,45-,46+/m0/s1. The number of hydrogen-bond acceptors (Lipinski definition) is 12. The van der Waals surface area contributed by atoms with Crippen molar-refractivity contribution in [2.75, 3.05) is 36.2 Å². The van der Waals surface area contributed by atoms with E-state index >= 15 is 0 Å². The van der Waals surface area contributed by atoms with Crippen LogP contribution in [0.1, 0.15) is 88.3 Å². The number of hydrogen-bond donors (Lipinski definition) is 2. The number of carbonyl (C=O) groups excluding carboxylic acids is 3. The fourth-order valence-electron chi connectivity index (χ4n) is 9.30. The minimum Gasteiger partial charge on any atom is -0.490 e. The Bertz CT molecular complexity index is 3040. The van der Waals surface area contributed by atoms with Crippen LogP contribution in [0, 0.1) is 24.2 Å². The highest BCUT2D eigenvalue weighted by atomic mass is 32.1. The number of aryl methyl sites for hydroxylation is 2. The molecule has 0 saturated carbocycles. The normalized spacial score (nSPS) is 17.5. The molecule has 5 heterocycles. The molecule has 0 unspecified atom stereocenters. The summed E-state index contributed by atoms with van der Waals surface area (Å²) in [5.74, 6) is -0.840. The van der Waals surface area contributed by atoms with Crippen molar-refractivity contribution in [1.29, 1.82) is 5.26 Å². The van der Waals surface area contributed by atoms with E-state index in [1.165, 1.54) is 11.0 Å². The van der Waals surface area contributed by atoms with E-state index in [4.69, 9.17) is 21.7 Å². The van der Waals surface area contributed by atoms with Crippen LogP contribution in [-0.4, -0.2) is 101 Å². The summed E-state index contributed by atoms with van der Waals surface area (Å²) >= 11 is 7.25. The first-order chi connectivity index (χ1) is 35.3. The number of β-amino-alcohol motifs (C(OH)–C–C–N with tert-alkyl or cyclic N) is 1. The van der Waals surface area contributed by atoms with Crippen LogP contribution < -0.4 is 19.9 Å². The van der Waals surface area contributed by atoms with Gasteiger partial charge < -0.3 is 34.3 Å². The van der Waals surface area contributed by atoms with Crippen molar-refractivity contribution in [3.63, 3.8) is 0 Å². The molecule has 388 valence electrons. The molecular formula is C53H57F3N10O6S2. The molecule has 16 nitrogen and oxygen atoms in total. The number of nitrogens with zero attached hydrogens (tertiary/aromatic N) is 9. The predicted molar refractivity (Wildman–Crippen MR) is 277 cm³/mol. The molecule has 21 heteroatoms. The molecule has 74 heavy (non-hydrogen) atoms. The van der Waals surface area contributed by atoms with Gasteiger partial charge in [0.2, 0.25) is 11.8 Å². The van der Waals surface area contributed by atoms with Gasteiger partial charge in [-0.2, -0.15) is 23.5 Å². The summed E-state index contributed by atoms with van der Waals surface area (Å²) in [7, 11) is 0. The molecule has 3 aromatic carbocycles. The van der Waals surface area contributed by atoms with Crippen LogP contribution in [0.15, 0.2) is 97.2 Å². The van der Waals surface area contributed by atoms with Crippen molar-refractivity contribution >= 4 is 57.8 Å². The number of carbonyl (C=O) groups is 3. The van der Waals surface area contributed by atoms with Gasteiger partial charge in [0.05, 0.1) is 82.1 Å². The number of thiazole rings is 1. The summed E-state index contributed by atoms with van der Waals surface area (Å²) in [6.45, 7) is 13.0. The maximum absolute atomic E-state index is 14.2. The van der Waals surface area contributed by atoms with Crippen LogP contribution in [0.3, 0.4) is 0 Å². The number of amides is 3. The number of benzene rings is 3. The summed E-state index contributed by atoms with van der Waals surface area (Å²) in [5, 5.41) is 27.5. The predicted octanol–water partition coefficient (Wildman–Crippen LogP) is 8.90. The molecule has 0 radical (unpaired) electrons. The number of halogens is 3. The molecule has 8 rings (SSSR count). The van der Waals surface area contributed by atoms with Crippen molar-refractivity contribution in [3.05, 3.63) is 120 Å². The smallest absolute Gasteiger partial charge is 0.417 e. The molecule has 2 saturated heterocycles. The molecule has 3 amide bonds. The Labute approximate surface area is 436 Å². The van der Waals surface area contributed by atoms with Gasteiger partial charge in [0.1, 0.15) is 17.6 Å². The first kappa shape index (κ1) is 53.3. The molecule has 2 aliphatic rings. The Balaban J connectivity index is 0.769. The minimum atomic E-state index is -4.80. The zero-order chi connectivity index (χ0) is 53.1. The average molecular weight is 1050 g/mol. The topological polar surface area (TPSA) is 184 Å². The molecule has 0 aliphatic carbocycles. The number of aliphatic hydroxyl groups excluding tert-OH is 1. The Morgan fingerprint density at radius 1 is 0.986 bits per heavy atom. The van der Waals surface area contributed by atoms with E-state index in [-0.39, 0.29) is 47.5 Å². The maximum Gasteiger partial charge on any atom is 0.417 e. The molecule has 6 aromatic rings. The number of rotatable bonds is 19. The summed E-state index contributed by atoms with van der Waals surface area (Å²) in [5.41, 5.74) is 3.84. The lowest BCUT2D eigenvalue weighted by Gasteiger charge is -2.30. The number of imidazole rings is 1. The van der Waals surface area contributed by atoms with Gasteiger partial charge in [0.15, 0.2) is 10.9 Å². The van der Waals surface area contributed by atoms with E-state index in [1.54, 1.807) is 71.7 Å². The minimum absolute atomic E-state index is 0.00826. The Kier molecular flexibility index (Phi) is 16.0. The molecule has 2 aliphatic heterocycles. The number of aliphatic hydroxyl groups is 1. The fourth-order valence-corrected chi connectivity index (χ4v) is 10.6. The fraction of sp³-hybridized carbons (Fsp3) is 0.396. The lowest BCUT2D eigenvalue weighted by atomic mass is 10.0. The van der Waals surface area contributed by atoms with Crippen LogP contribution in [0.5, 0.6) is 5.75 Å². The van der Waals surface area contributed by atoms with Gasteiger partial charge in [-0.25, -0.2) is 9.97 Å². The zero-order valence-electron chi connectivity index (χ0n) is 41.7. The molecular weight excluding hydrogens is 994 g/mol. The van der Waals surface area contributed by atoms with Crippen LogP contribution in [0.4, 0.5) is 24.5 Å². The second-order valence-electron chi connectivity index (χ2n) is 19.2. The lowest BCUT2D eigenvalue weighted by molar-refractivity contribution is -0.142. The van der Waals surface area contributed by atoms with Gasteiger partial charge >= 0.3 is 6.18 Å². The van der Waals surface area contributed by atoms with Gasteiger partial charge in [0, 0.05) is 56.6 Å². The first-order valence-electron chi connectivity index (χ1n) is 24.2. The molecule has 3 aromatic heterocycles. The van der Waals surface area contributed by atoms with E-state index in [2.05, 4.69) is 20.4 Å². The molecule has 0 spiro atoms. The van der Waals surface area contributed by atoms with Crippen molar-refractivity contribution < 1.29 is 42.1 Å². The van der Waals surface area contributed by atoms with Crippen LogP contribution in [-0.2, 0) is 31.8 Å². The lowest BCUT2D eigenvalue weighted by Crippen LogP contribution is -2.49. The van der Waals surface area contributed by atoms with Gasteiger partial charge in [0.25, 0.3) is 5.91 Å². The van der Waals surface area contributed by atoms with Crippen molar-refractivity contribution in [1.82, 2.24) is 34.5 Å². The second kappa shape index (κ2) is 22.2. The molecule has 2 N–H and O–H groups in total. The highest BCUT2D eigenvalue weighted by molar-refractivity contribution is 7.81. The van der Waals surface area contributed by atoms with E-state index in [0.717, 1.165) is 50.7 Å². The number of nitriles is 1. The summed E-state index contributed by atoms with van der Waals surface area (Å²) in [6.07, 6.45) is 2.71. The molecule has 0 bridgehead atoms. The summed E-state index contributed by atoms with van der Waals surface area (Å²) in [4.78, 5) is 55.6. The van der Waals surface area contributed by atoms with E-state index in [1.807, 2.05) is 80.4 Å². The number of thiocarbonyl (C=S) groups is 1. The van der Waals surface area contributed by atoms with E-state index in [0.29, 0.717) is 49.9 Å². The number of likely N-dealkylation sites (tertiary alicyclic amines) is 1. The van der Waals surface area contributed by atoms with Gasteiger partial charge in [-0.05, 0) is 93.7 Å². The Morgan fingerprint density at radius 2 is 1.69 bits per heavy atom. The third-order valence-corrected chi connectivity index (χ3v) is 14.5. The number of aromatic nitrogens is 5. The quantitative estimate of drug-likeness (QED) is 0.0581. The summed E-state index contributed by atoms with van der Waals surface area (Å²) < 4.78 is 56.7.